The molecule has 1 aromatic heterocycles. The first-order valence-corrected chi connectivity index (χ1v) is 7.69. The lowest BCUT2D eigenvalue weighted by atomic mass is 10.0. The van der Waals surface area contributed by atoms with Gasteiger partial charge in [0.2, 0.25) is 0 Å². The van der Waals surface area contributed by atoms with Gasteiger partial charge in [0, 0.05) is 7.05 Å². The molecule has 2 aromatic rings. The number of aryl methyl sites for hydroxylation is 2. The number of halogens is 1. The lowest BCUT2D eigenvalue weighted by Crippen LogP contribution is -2.31. The van der Waals surface area contributed by atoms with Crippen LogP contribution in [0.25, 0.3) is 0 Å². The van der Waals surface area contributed by atoms with Gasteiger partial charge >= 0.3 is 0 Å². The maximum atomic E-state index is 5.74. The first kappa shape index (κ1) is 16.0. The molecule has 1 unspecified atom stereocenters. The number of hydrogen-bond donors (Lipinski definition) is 2. The summed E-state index contributed by atoms with van der Waals surface area (Å²) in [7, 11) is 3.61. The molecule has 21 heavy (non-hydrogen) atoms. The molecular formula is C15H21BrN4O. The van der Waals surface area contributed by atoms with Crippen molar-refractivity contribution in [3.8, 4) is 5.75 Å². The number of hydrazine groups is 1. The fourth-order valence-electron chi connectivity index (χ4n) is 2.36. The van der Waals surface area contributed by atoms with Crippen LogP contribution in [-0.4, -0.2) is 16.9 Å². The Morgan fingerprint density at radius 3 is 2.71 bits per heavy atom. The fraction of sp³-hybridized carbons (Fsp3) is 0.400. The minimum atomic E-state index is 0.0168. The molecule has 0 spiro atoms. The van der Waals surface area contributed by atoms with E-state index in [2.05, 4.69) is 45.5 Å². The lowest BCUT2D eigenvalue weighted by molar-refractivity contribution is 0.411. The Labute approximate surface area is 133 Å². The number of aromatic nitrogens is 2. The molecule has 5 nitrogen and oxygen atoms in total. The van der Waals surface area contributed by atoms with E-state index in [-0.39, 0.29) is 6.04 Å². The molecule has 0 radical (unpaired) electrons. The molecule has 1 aromatic carbocycles. The van der Waals surface area contributed by atoms with E-state index in [1.54, 1.807) is 7.11 Å². The summed E-state index contributed by atoms with van der Waals surface area (Å²) in [5, 5.41) is 4.48. The Hall–Kier alpha value is -1.37. The van der Waals surface area contributed by atoms with E-state index in [0.717, 1.165) is 34.5 Å². The topological polar surface area (TPSA) is 65.1 Å². The summed E-state index contributed by atoms with van der Waals surface area (Å²) in [5.41, 5.74) is 6.21. The minimum absolute atomic E-state index is 0.0168. The Kier molecular flexibility index (Phi) is 5.39. The zero-order valence-corrected chi connectivity index (χ0v) is 14.1. The van der Waals surface area contributed by atoms with Gasteiger partial charge in [-0.05, 0) is 52.5 Å². The van der Waals surface area contributed by atoms with Crippen molar-refractivity contribution in [2.45, 2.75) is 25.8 Å². The van der Waals surface area contributed by atoms with Crippen LogP contribution in [0.3, 0.4) is 0 Å². The molecule has 0 bridgehead atoms. The third-order valence-corrected chi connectivity index (χ3v) is 4.16. The fourth-order valence-corrected chi connectivity index (χ4v) is 2.95. The van der Waals surface area contributed by atoms with Gasteiger partial charge in [0.1, 0.15) is 5.75 Å². The van der Waals surface area contributed by atoms with Crippen LogP contribution < -0.4 is 16.0 Å². The molecule has 3 N–H and O–H groups in total. The smallest absolute Gasteiger partial charge is 0.133 e. The molecule has 0 aliphatic rings. The Morgan fingerprint density at radius 2 is 2.19 bits per heavy atom. The van der Waals surface area contributed by atoms with Crippen molar-refractivity contribution in [1.29, 1.82) is 0 Å². The Morgan fingerprint density at radius 1 is 1.43 bits per heavy atom. The highest BCUT2D eigenvalue weighted by molar-refractivity contribution is 9.10. The molecule has 0 aliphatic heterocycles. The second-order valence-electron chi connectivity index (χ2n) is 4.93. The molecule has 2 rings (SSSR count). The van der Waals surface area contributed by atoms with E-state index < -0.39 is 0 Å². The van der Waals surface area contributed by atoms with E-state index in [1.807, 2.05) is 23.9 Å². The first-order valence-electron chi connectivity index (χ1n) is 6.90. The van der Waals surface area contributed by atoms with Gasteiger partial charge in [0.15, 0.2) is 0 Å². The molecule has 0 fully saturated rings. The largest absolute Gasteiger partial charge is 0.496 e. The number of rotatable bonds is 6. The number of nitrogens with two attached hydrogens (primary N) is 1. The van der Waals surface area contributed by atoms with E-state index in [9.17, 15) is 0 Å². The molecule has 6 heteroatoms. The first-order chi connectivity index (χ1) is 10.1. The molecular weight excluding hydrogens is 332 g/mol. The number of methoxy groups -OCH3 is 1. The molecule has 0 aliphatic carbocycles. The number of ether oxygens (including phenoxy) is 1. The summed E-state index contributed by atoms with van der Waals surface area (Å²) < 4.78 is 8.08. The highest BCUT2D eigenvalue weighted by Gasteiger charge is 2.16. The maximum Gasteiger partial charge on any atom is 0.133 e. The number of hydrogen-bond acceptors (Lipinski definition) is 4. The second-order valence-corrected chi connectivity index (χ2v) is 5.78. The maximum absolute atomic E-state index is 5.74. The van der Waals surface area contributed by atoms with Crippen molar-refractivity contribution in [2.24, 2.45) is 12.9 Å². The Bertz CT molecular complexity index is 612. The van der Waals surface area contributed by atoms with Crippen LogP contribution in [0, 0.1) is 0 Å². The van der Waals surface area contributed by atoms with Crippen LogP contribution in [-0.2, 0) is 19.9 Å². The van der Waals surface area contributed by atoms with Gasteiger partial charge in [0.05, 0.1) is 29.0 Å². The van der Waals surface area contributed by atoms with Gasteiger partial charge in [-0.25, -0.2) is 0 Å². The summed E-state index contributed by atoms with van der Waals surface area (Å²) in [4.78, 5) is 0. The molecule has 0 saturated heterocycles. The van der Waals surface area contributed by atoms with E-state index in [0.29, 0.717) is 0 Å². The molecule has 114 valence electrons. The summed E-state index contributed by atoms with van der Waals surface area (Å²) in [6, 6.07) is 8.17. The summed E-state index contributed by atoms with van der Waals surface area (Å²) in [6.07, 6.45) is 1.70. The van der Waals surface area contributed by atoms with Crippen molar-refractivity contribution in [3.05, 3.63) is 45.7 Å². The zero-order valence-electron chi connectivity index (χ0n) is 12.6. The monoisotopic (exact) mass is 352 g/mol. The molecule has 0 amide bonds. The normalized spacial score (nSPS) is 12.4. The van der Waals surface area contributed by atoms with Crippen molar-refractivity contribution in [2.75, 3.05) is 7.11 Å². The number of nitrogens with zero attached hydrogens (tertiary/aromatic N) is 2. The highest BCUT2D eigenvalue weighted by Crippen LogP contribution is 2.27. The minimum Gasteiger partial charge on any atom is -0.496 e. The van der Waals surface area contributed by atoms with Crippen LogP contribution in [0.1, 0.15) is 29.9 Å². The van der Waals surface area contributed by atoms with Crippen LogP contribution in [0.2, 0.25) is 0 Å². The average molecular weight is 353 g/mol. The van der Waals surface area contributed by atoms with Crippen molar-refractivity contribution in [3.63, 3.8) is 0 Å². The van der Waals surface area contributed by atoms with Crippen molar-refractivity contribution >= 4 is 15.9 Å². The summed E-state index contributed by atoms with van der Waals surface area (Å²) >= 11 is 3.51. The number of benzene rings is 1. The van der Waals surface area contributed by atoms with E-state index in [4.69, 9.17) is 10.6 Å². The quantitative estimate of drug-likeness (QED) is 0.619. The number of nitrogens with one attached hydrogen (secondary N) is 1. The molecule has 1 heterocycles. The van der Waals surface area contributed by atoms with Crippen LogP contribution >= 0.6 is 15.9 Å². The van der Waals surface area contributed by atoms with Crippen LogP contribution in [0.4, 0.5) is 0 Å². The van der Waals surface area contributed by atoms with Crippen LogP contribution in [0.15, 0.2) is 28.7 Å². The van der Waals surface area contributed by atoms with Crippen LogP contribution in [0.5, 0.6) is 5.75 Å². The van der Waals surface area contributed by atoms with Gasteiger partial charge in [-0.15, -0.1) is 0 Å². The predicted octanol–water partition coefficient (Wildman–Crippen LogP) is 2.50. The molecule has 1 atom stereocenters. The van der Waals surface area contributed by atoms with Gasteiger partial charge in [-0.2, -0.15) is 5.10 Å². The third-order valence-electron chi connectivity index (χ3n) is 3.54. The third kappa shape index (κ3) is 3.64. The average Bonchev–Trinajstić information content (AvgIpc) is 2.86. The van der Waals surface area contributed by atoms with Gasteiger partial charge in [-0.1, -0.05) is 13.0 Å². The summed E-state index contributed by atoms with van der Waals surface area (Å²) in [6.45, 7) is 2.09. The van der Waals surface area contributed by atoms with E-state index in [1.165, 1.54) is 5.56 Å². The second kappa shape index (κ2) is 7.06. The Balaban J connectivity index is 2.22. The van der Waals surface area contributed by atoms with Gasteiger partial charge in [0.25, 0.3) is 0 Å². The van der Waals surface area contributed by atoms with Gasteiger partial charge < -0.3 is 4.74 Å². The van der Waals surface area contributed by atoms with Gasteiger partial charge in [-0.3, -0.25) is 16.0 Å². The zero-order chi connectivity index (χ0) is 15.4. The van der Waals surface area contributed by atoms with E-state index >= 15 is 0 Å². The SMILES string of the molecule is CCc1cc(C(Cc2ccc(OC)c(Br)c2)NN)n(C)n1. The molecule has 0 saturated carbocycles. The van der Waals surface area contributed by atoms with Crippen molar-refractivity contribution in [1.82, 2.24) is 15.2 Å². The lowest BCUT2D eigenvalue weighted by Gasteiger charge is -2.17. The standard InChI is InChI=1S/C15H21BrN4O/c1-4-11-9-14(20(2)19-11)13(18-17)8-10-5-6-15(21-3)12(16)7-10/h5-7,9,13,18H,4,8,17H2,1-3H3. The summed E-state index contributed by atoms with van der Waals surface area (Å²) in [5.74, 6) is 6.56. The predicted molar refractivity (Wildman–Crippen MR) is 87.0 cm³/mol. The van der Waals surface area contributed by atoms with Crippen molar-refractivity contribution < 1.29 is 4.74 Å². The highest BCUT2D eigenvalue weighted by atomic mass is 79.9.